The Hall–Kier alpha value is -2.86. The number of nitrogens with one attached hydrogen (secondary N) is 1. The van der Waals surface area contributed by atoms with Crippen molar-refractivity contribution >= 4 is 38.9 Å². The first-order chi connectivity index (χ1) is 15.5. The lowest BCUT2D eigenvalue weighted by molar-refractivity contribution is 0.100. The molecule has 0 radical (unpaired) electrons. The van der Waals surface area contributed by atoms with E-state index in [-0.39, 0.29) is 29.8 Å². The third-order valence-electron chi connectivity index (χ3n) is 7.54. The molecule has 0 bridgehead atoms. The van der Waals surface area contributed by atoms with Crippen molar-refractivity contribution in [2.75, 3.05) is 49.7 Å². The van der Waals surface area contributed by atoms with E-state index in [1.807, 2.05) is 6.07 Å². The number of fused-ring (bicyclic) bond motifs is 2. The van der Waals surface area contributed by atoms with Crippen LogP contribution in [-0.2, 0) is 10.0 Å². The number of anilines is 2. The monoisotopic (exact) mass is 475 g/mol. The summed E-state index contributed by atoms with van der Waals surface area (Å²) < 4.78 is 27.2. The SMILES string of the molecule is C[C@@H]1[C@H]2CN(S(C)(=O)=O)C[C@H]2C[C@H]1Nc1c(C(N)=O)cnn2cc(N3CCN(C)C3=O)cc12. The molecule has 2 aromatic heterocycles. The van der Waals surface area contributed by atoms with Crippen LogP contribution < -0.4 is 16.0 Å². The highest BCUT2D eigenvalue weighted by atomic mass is 32.2. The maximum Gasteiger partial charge on any atom is 0.324 e. The number of primary amides is 1. The van der Waals surface area contributed by atoms with Crippen LogP contribution in [0.15, 0.2) is 18.5 Å². The Labute approximate surface area is 192 Å². The van der Waals surface area contributed by atoms with Gasteiger partial charge in [-0.05, 0) is 30.2 Å². The van der Waals surface area contributed by atoms with Gasteiger partial charge in [-0.1, -0.05) is 6.92 Å². The van der Waals surface area contributed by atoms with Gasteiger partial charge in [0.25, 0.3) is 5.91 Å². The van der Waals surface area contributed by atoms with Crippen LogP contribution in [0.5, 0.6) is 0 Å². The third-order valence-corrected chi connectivity index (χ3v) is 8.78. The topological polar surface area (TPSA) is 133 Å². The molecule has 2 aromatic rings. The number of carbonyl (C=O) groups excluding carboxylic acids is 2. The van der Waals surface area contributed by atoms with Gasteiger partial charge in [0.15, 0.2) is 0 Å². The molecule has 178 valence electrons. The van der Waals surface area contributed by atoms with Crippen molar-refractivity contribution in [1.29, 1.82) is 0 Å². The number of urea groups is 1. The average Bonchev–Trinajstić information content (AvgIpc) is 3.48. The number of nitrogens with zero attached hydrogens (tertiary/aromatic N) is 5. The molecule has 2 saturated heterocycles. The number of amides is 3. The molecule has 5 rings (SSSR count). The average molecular weight is 476 g/mol. The van der Waals surface area contributed by atoms with E-state index in [1.165, 1.54) is 12.5 Å². The summed E-state index contributed by atoms with van der Waals surface area (Å²) in [6.45, 7) is 4.40. The van der Waals surface area contributed by atoms with Crippen molar-refractivity contribution in [2.24, 2.45) is 23.5 Å². The molecule has 0 unspecified atom stereocenters. The van der Waals surface area contributed by atoms with Crippen LogP contribution in [0.25, 0.3) is 5.52 Å². The van der Waals surface area contributed by atoms with Crippen molar-refractivity contribution in [1.82, 2.24) is 18.8 Å². The first kappa shape index (κ1) is 22.0. The predicted octanol–water partition coefficient (Wildman–Crippen LogP) is 0.633. The zero-order chi connectivity index (χ0) is 23.7. The minimum Gasteiger partial charge on any atom is -0.380 e. The fourth-order valence-corrected chi connectivity index (χ4v) is 6.51. The Morgan fingerprint density at radius 3 is 2.64 bits per heavy atom. The van der Waals surface area contributed by atoms with Gasteiger partial charge in [-0.15, -0.1) is 0 Å². The van der Waals surface area contributed by atoms with Crippen molar-refractivity contribution in [2.45, 2.75) is 19.4 Å². The van der Waals surface area contributed by atoms with E-state index in [2.05, 4.69) is 17.3 Å². The summed E-state index contributed by atoms with van der Waals surface area (Å²) in [7, 11) is -1.44. The minimum atomic E-state index is -3.20. The molecule has 3 N–H and O–H groups in total. The highest BCUT2D eigenvalue weighted by molar-refractivity contribution is 7.88. The molecule has 1 saturated carbocycles. The molecule has 0 spiro atoms. The fraction of sp³-hybridized carbons (Fsp3) is 0.571. The molecule has 2 aliphatic heterocycles. The largest absolute Gasteiger partial charge is 0.380 e. The number of hydrogen-bond acceptors (Lipinski definition) is 6. The number of rotatable bonds is 5. The van der Waals surface area contributed by atoms with Gasteiger partial charge in [-0.25, -0.2) is 22.0 Å². The van der Waals surface area contributed by atoms with Crippen molar-refractivity contribution in [3.05, 3.63) is 24.0 Å². The molecule has 33 heavy (non-hydrogen) atoms. The van der Waals surface area contributed by atoms with Gasteiger partial charge in [-0.3, -0.25) is 9.69 Å². The van der Waals surface area contributed by atoms with Crippen LogP contribution in [0.1, 0.15) is 23.7 Å². The Bertz CT molecular complexity index is 1240. The summed E-state index contributed by atoms with van der Waals surface area (Å²) in [6.07, 6.45) is 5.28. The second-order valence-corrected chi connectivity index (χ2v) is 11.5. The molecule has 4 heterocycles. The molecule has 3 amide bonds. The van der Waals surface area contributed by atoms with Gasteiger partial charge in [0.2, 0.25) is 10.0 Å². The molecule has 12 heteroatoms. The lowest BCUT2D eigenvalue weighted by Gasteiger charge is -2.25. The van der Waals surface area contributed by atoms with E-state index in [4.69, 9.17) is 5.73 Å². The number of aromatic nitrogens is 2. The van der Waals surface area contributed by atoms with Crippen LogP contribution in [0, 0.1) is 17.8 Å². The zero-order valence-corrected chi connectivity index (χ0v) is 19.7. The van der Waals surface area contributed by atoms with Crippen LogP contribution in [0.3, 0.4) is 0 Å². The van der Waals surface area contributed by atoms with Crippen LogP contribution in [-0.4, -0.2) is 84.7 Å². The summed E-state index contributed by atoms with van der Waals surface area (Å²) in [6, 6.07) is 1.83. The molecule has 3 fully saturated rings. The highest BCUT2D eigenvalue weighted by Gasteiger charge is 2.48. The molecule has 3 aliphatic rings. The summed E-state index contributed by atoms with van der Waals surface area (Å²) in [5.41, 5.74) is 7.94. The Morgan fingerprint density at radius 2 is 2.03 bits per heavy atom. The second kappa shape index (κ2) is 7.59. The highest BCUT2D eigenvalue weighted by Crippen LogP contribution is 2.44. The molecule has 11 nitrogen and oxygen atoms in total. The van der Waals surface area contributed by atoms with Gasteiger partial charge >= 0.3 is 6.03 Å². The van der Waals surface area contributed by atoms with Crippen LogP contribution >= 0.6 is 0 Å². The number of hydrogen-bond donors (Lipinski definition) is 2. The second-order valence-electron chi connectivity index (χ2n) is 9.53. The predicted molar refractivity (Wildman–Crippen MR) is 124 cm³/mol. The standard InChI is InChI=1S/C21H29N7O4S/c1-12-16-11-26(33(3,31)32)9-13(16)6-17(12)24-19-15(20(22)29)8-23-28-10-14(7-18(19)28)27-5-4-25(2)21(27)30/h7-8,10,12-13,16-17,24H,4-6,9,11H2,1-3H3,(H2,22,29)/t12-,13-,16-,17-/m1/s1. The van der Waals surface area contributed by atoms with E-state index in [9.17, 15) is 18.0 Å². The van der Waals surface area contributed by atoms with Gasteiger partial charge in [0, 0.05) is 39.3 Å². The van der Waals surface area contributed by atoms with Gasteiger partial charge < -0.3 is 16.0 Å². The molecule has 0 aromatic carbocycles. The van der Waals surface area contributed by atoms with Crippen LogP contribution in [0.4, 0.5) is 16.2 Å². The first-order valence-corrected chi connectivity index (χ1v) is 12.9. The van der Waals surface area contributed by atoms with E-state index < -0.39 is 15.9 Å². The molecule has 1 aliphatic carbocycles. The maximum absolute atomic E-state index is 12.5. The first-order valence-electron chi connectivity index (χ1n) is 11.1. The van der Waals surface area contributed by atoms with E-state index in [0.717, 1.165) is 6.42 Å². The van der Waals surface area contributed by atoms with Crippen LogP contribution in [0.2, 0.25) is 0 Å². The molecule has 4 atom stereocenters. The number of carbonyl (C=O) groups is 2. The number of likely N-dealkylation sites (N-methyl/N-ethyl adjacent to an activating group) is 1. The van der Waals surface area contributed by atoms with Crippen molar-refractivity contribution < 1.29 is 18.0 Å². The smallest absolute Gasteiger partial charge is 0.324 e. The summed E-state index contributed by atoms with van der Waals surface area (Å²) in [5, 5.41) is 7.88. The molecular formula is C21H29N7O4S. The Morgan fingerprint density at radius 1 is 1.27 bits per heavy atom. The fourth-order valence-electron chi connectivity index (χ4n) is 5.60. The summed E-state index contributed by atoms with van der Waals surface area (Å²) in [5.74, 6) is 0.148. The summed E-state index contributed by atoms with van der Waals surface area (Å²) in [4.78, 5) is 28.0. The van der Waals surface area contributed by atoms with E-state index >= 15 is 0 Å². The number of sulfonamides is 1. The number of nitrogens with two attached hydrogens (primary N) is 1. The van der Waals surface area contributed by atoms with Gasteiger partial charge in [0.1, 0.15) is 0 Å². The van der Waals surface area contributed by atoms with E-state index in [0.29, 0.717) is 48.6 Å². The van der Waals surface area contributed by atoms with Crippen molar-refractivity contribution in [3.63, 3.8) is 0 Å². The quantitative estimate of drug-likeness (QED) is 0.652. The summed E-state index contributed by atoms with van der Waals surface area (Å²) >= 11 is 0. The van der Waals surface area contributed by atoms with Crippen molar-refractivity contribution in [3.8, 4) is 0 Å². The van der Waals surface area contributed by atoms with Gasteiger partial charge in [0.05, 0.1) is 41.1 Å². The normalized spacial score (nSPS) is 28.2. The van der Waals surface area contributed by atoms with E-state index in [1.54, 1.807) is 31.9 Å². The maximum atomic E-state index is 12.5. The van der Waals surface area contributed by atoms with Gasteiger partial charge in [-0.2, -0.15) is 5.10 Å². The zero-order valence-electron chi connectivity index (χ0n) is 18.9. The Kier molecular flexibility index (Phi) is 5.05. The third kappa shape index (κ3) is 3.61. The molecular weight excluding hydrogens is 446 g/mol. The lowest BCUT2D eigenvalue weighted by atomic mass is 9.93. The Balaban J connectivity index is 1.46. The minimum absolute atomic E-state index is 0.0592. The lowest BCUT2D eigenvalue weighted by Crippen LogP contribution is -2.33.